The van der Waals surface area contributed by atoms with Crippen LogP contribution in [0, 0.1) is 0 Å². The fourth-order valence-electron chi connectivity index (χ4n) is 3.26. The average Bonchev–Trinajstić information content (AvgIpc) is 3.13. The van der Waals surface area contributed by atoms with Gasteiger partial charge in [0.2, 0.25) is 0 Å². The Hall–Kier alpha value is -3.28. The number of amides is 2. The Morgan fingerprint density at radius 3 is 2.39 bits per heavy atom. The minimum atomic E-state index is -0.658. The number of aromatic amines is 1. The Labute approximate surface area is 164 Å². The van der Waals surface area contributed by atoms with Gasteiger partial charge in [-0.2, -0.15) is 0 Å². The van der Waals surface area contributed by atoms with Gasteiger partial charge < -0.3 is 20.5 Å². The van der Waals surface area contributed by atoms with Gasteiger partial charge >= 0.3 is 11.8 Å². The maximum Gasteiger partial charge on any atom is 0.313 e. The fourth-order valence-corrected chi connectivity index (χ4v) is 3.26. The molecule has 3 rings (SSSR count). The van der Waals surface area contributed by atoms with Crippen LogP contribution in [0.2, 0.25) is 0 Å². The maximum absolute atomic E-state index is 12.1. The van der Waals surface area contributed by atoms with Gasteiger partial charge in [-0.3, -0.25) is 9.59 Å². The lowest BCUT2D eigenvalue weighted by molar-refractivity contribution is -0.136. The number of para-hydroxylation sites is 1. The minimum Gasteiger partial charge on any atom is -0.372 e. The molecule has 3 aromatic rings. The summed E-state index contributed by atoms with van der Waals surface area (Å²) in [4.78, 5) is 29.6. The first-order valence-electron chi connectivity index (χ1n) is 9.61. The van der Waals surface area contributed by atoms with Gasteiger partial charge in [0.25, 0.3) is 0 Å². The molecule has 6 nitrogen and oxygen atoms in total. The molecule has 0 atom stereocenters. The minimum absolute atomic E-state index is 0.398. The highest BCUT2D eigenvalue weighted by Gasteiger charge is 2.14. The van der Waals surface area contributed by atoms with Crippen LogP contribution in [0.4, 0.5) is 11.4 Å². The van der Waals surface area contributed by atoms with Crippen molar-refractivity contribution in [3.05, 3.63) is 60.3 Å². The number of carbonyl (C=O) groups is 2. The number of H-pyrrole nitrogens is 1. The third-order valence-electron chi connectivity index (χ3n) is 4.81. The largest absolute Gasteiger partial charge is 0.372 e. The summed E-state index contributed by atoms with van der Waals surface area (Å²) in [6.07, 6.45) is 2.59. The van der Waals surface area contributed by atoms with Crippen molar-refractivity contribution in [3.63, 3.8) is 0 Å². The van der Waals surface area contributed by atoms with E-state index in [0.717, 1.165) is 35.2 Å². The van der Waals surface area contributed by atoms with Gasteiger partial charge in [-0.25, -0.2) is 0 Å². The van der Waals surface area contributed by atoms with Crippen LogP contribution in [0.1, 0.15) is 19.4 Å². The van der Waals surface area contributed by atoms with E-state index >= 15 is 0 Å². The van der Waals surface area contributed by atoms with Crippen molar-refractivity contribution in [2.75, 3.05) is 29.9 Å². The number of fused-ring (bicyclic) bond motifs is 1. The van der Waals surface area contributed by atoms with E-state index in [1.807, 2.05) is 54.7 Å². The maximum atomic E-state index is 12.1. The first kappa shape index (κ1) is 19.5. The van der Waals surface area contributed by atoms with E-state index in [1.165, 1.54) is 0 Å². The van der Waals surface area contributed by atoms with Crippen molar-refractivity contribution in [1.29, 1.82) is 0 Å². The van der Waals surface area contributed by atoms with Crippen LogP contribution in [0.15, 0.2) is 54.7 Å². The number of nitrogens with zero attached hydrogens (tertiary/aromatic N) is 1. The van der Waals surface area contributed by atoms with Crippen LogP contribution in [-0.4, -0.2) is 36.4 Å². The number of anilines is 2. The summed E-state index contributed by atoms with van der Waals surface area (Å²) >= 11 is 0. The monoisotopic (exact) mass is 378 g/mol. The van der Waals surface area contributed by atoms with E-state index in [-0.39, 0.29) is 0 Å². The first-order chi connectivity index (χ1) is 13.6. The van der Waals surface area contributed by atoms with E-state index in [2.05, 4.69) is 34.4 Å². The molecule has 6 heteroatoms. The molecule has 0 saturated heterocycles. The number of carbonyl (C=O) groups excluding carboxylic acids is 2. The van der Waals surface area contributed by atoms with Crippen LogP contribution >= 0.6 is 0 Å². The van der Waals surface area contributed by atoms with Crippen molar-refractivity contribution in [2.24, 2.45) is 0 Å². The fraction of sp³-hybridized carbons (Fsp3) is 0.273. The van der Waals surface area contributed by atoms with Gasteiger partial charge in [0.05, 0.1) is 0 Å². The Balaban J connectivity index is 1.50. The predicted octanol–water partition coefficient (Wildman–Crippen LogP) is 3.31. The van der Waals surface area contributed by atoms with Crippen LogP contribution in [-0.2, 0) is 16.0 Å². The normalized spacial score (nSPS) is 10.6. The zero-order valence-electron chi connectivity index (χ0n) is 16.3. The molecule has 2 amide bonds. The molecule has 1 heterocycles. The van der Waals surface area contributed by atoms with Crippen molar-refractivity contribution < 1.29 is 9.59 Å². The molecule has 2 aromatic carbocycles. The van der Waals surface area contributed by atoms with E-state index in [9.17, 15) is 9.59 Å². The van der Waals surface area contributed by atoms with Crippen LogP contribution < -0.4 is 15.5 Å². The lowest BCUT2D eigenvalue weighted by atomic mass is 10.1. The van der Waals surface area contributed by atoms with Gasteiger partial charge in [-0.05, 0) is 56.2 Å². The summed E-state index contributed by atoms with van der Waals surface area (Å²) in [6, 6.07) is 15.5. The Bertz CT molecular complexity index is 943. The summed E-state index contributed by atoms with van der Waals surface area (Å²) < 4.78 is 0. The summed E-state index contributed by atoms with van der Waals surface area (Å²) in [6.45, 7) is 6.43. The molecule has 0 aliphatic rings. The zero-order valence-corrected chi connectivity index (χ0v) is 16.3. The zero-order chi connectivity index (χ0) is 19.9. The number of aromatic nitrogens is 1. The van der Waals surface area contributed by atoms with Crippen molar-refractivity contribution in [3.8, 4) is 0 Å². The Kier molecular flexibility index (Phi) is 6.32. The molecule has 0 unspecified atom stereocenters. The van der Waals surface area contributed by atoms with Gasteiger partial charge in [-0.1, -0.05) is 18.2 Å². The van der Waals surface area contributed by atoms with E-state index in [1.54, 1.807) is 0 Å². The van der Waals surface area contributed by atoms with Gasteiger partial charge in [0, 0.05) is 48.1 Å². The SMILES string of the molecule is CCN(CC)c1ccc(NC(=O)C(=O)NCCc2c[nH]c3ccccc23)cc1. The molecule has 146 valence electrons. The van der Waals surface area contributed by atoms with Gasteiger partial charge in [0.1, 0.15) is 0 Å². The van der Waals surface area contributed by atoms with E-state index < -0.39 is 11.8 Å². The molecular formula is C22H26N4O2. The van der Waals surface area contributed by atoms with Crippen molar-refractivity contribution >= 4 is 34.1 Å². The molecule has 0 aliphatic carbocycles. The second-order valence-electron chi connectivity index (χ2n) is 6.54. The molecule has 0 radical (unpaired) electrons. The van der Waals surface area contributed by atoms with Gasteiger partial charge in [0.15, 0.2) is 0 Å². The van der Waals surface area contributed by atoms with Crippen LogP contribution in [0.25, 0.3) is 10.9 Å². The number of rotatable bonds is 7. The highest BCUT2D eigenvalue weighted by atomic mass is 16.2. The van der Waals surface area contributed by atoms with E-state index in [4.69, 9.17) is 0 Å². The first-order valence-corrected chi connectivity index (χ1v) is 9.61. The standard InChI is InChI=1S/C22H26N4O2/c1-3-26(4-2)18-11-9-17(10-12-18)25-22(28)21(27)23-14-13-16-15-24-20-8-6-5-7-19(16)20/h5-12,15,24H,3-4,13-14H2,1-2H3,(H,23,27)(H,25,28). The average molecular weight is 378 g/mol. The highest BCUT2D eigenvalue weighted by Crippen LogP contribution is 2.18. The molecule has 1 aromatic heterocycles. The molecule has 3 N–H and O–H groups in total. The molecule has 0 spiro atoms. The number of hydrogen-bond donors (Lipinski definition) is 3. The molecule has 0 fully saturated rings. The number of benzene rings is 2. The topological polar surface area (TPSA) is 77.2 Å². The third-order valence-corrected chi connectivity index (χ3v) is 4.81. The highest BCUT2D eigenvalue weighted by molar-refractivity contribution is 6.39. The number of nitrogens with one attached hydrogen (secondary N) is 3. The molecule has 0 bridgehead atoms. The number of hydrogen-bond acceptors (Lipinski definition) is 3. The smallest absolute Gasteiger partial charge is 0.313 e. The second kappa shape index (κ2) is 9.08. The van der Waals surface area contributed by atoms with Crippen LogP contribution in [0.3, 0.4) is 0 Å². The van der Waals surface area contributed by atoms with Crippen molar-refractivity contribution in [1.82, 2.24) is 10.3 Å². The summed E-state index contributed by atoms with van der Waals surface area (Å²) in [5.41, 5.74) is 3.87. The third kappa shape index (κ3) is 4.52. The quantitative estimate of drug-likeness (QED) is 0.552. The second-order valence-corrected chi connectivity index (χ2v) is 6.54. The Morgan fingerprint density at radius 2 is 1.68 bits per heavy atom. The van der Waals surface area contributed by atoms with E-state index in [0.29, 0.717) is 18.7 Å². The van der Waals surface area contributed by atoms with Gasteiger partial charge in [-0.15, -0.1) is 0 Å². The molecular weight excluding hydrogens is 352 g/mol. The molecule has 0 aliphatic heterocycles. The Morgan fingerprint density at radius 1 is 0.964 bits per heavy atom. The predicted molar refractivity (Wildman–Crippen MR) is 114 cm³/mol. The van der Waals surface area contributed by atoms with Crippen LogP contribution in [0.5, 0.6) is 0 Å². The summed E-state index contributed by atoms with van der Waals surface area (Å²) in [5, 5.41) is 6.46. The van der Waals surface area contributed by atoms with Crippen molar-refractivity contribution in [2.45, 2.75) is 20.3 Å². The summed E-state index contributed by atoms with van der Waals surface area (Å²) in [5.74, 6) is -1.29. The molecule has 28 heavy (non-hydrogen) atoms. The lowest BCUT2D eigenvalue weighted by Crippen LogP contribution is -2.36. The summed E-state index contributed by atoms with van der Waals surface area (Å²) in [7, 11) is 0. The molecule has 0 saturated carbocycles. The lowest BCUT2D eigenvalue weighted by Gasteiger charge is -2.21.